The van der Waals surface area contributed by atoms with E-state index in [1.54, 1.807) is 12.1 Å². The summed E-state index contributed by atoms with van der Waals surface area (Å²) in [4.78, 5) is 10.3. The number of phenolic OH excluding ortho intramolecular Hbond substituents is 1. The highest BCUT2D eigenvalue weighted by Crippen LogP contribution is 2.22. The third kappa shape index (κ3) is 4.85. The molecule has 0 aliphatic rings. The Kier molecular flexibility index (Phi) is 5.46. The number of aromatic hydroxyl groups is 1. The van der Waals surface area contributed by atoms with Gasteiger partial charge in [0.1, 0.15) is 0 Å². The number of benzene rings is 1. The quantitative estimate of drug-likeness (QED) is 0.720. The lowest BCUT2D eigenvalue weighted by Gasteiger charge is -2.04. The van der Waals surface area contributed by atoms with Gasteiger partial charge in [0.15, 0.2) is 11.6 Å². The number of aryl methyl sites for hydroxylation is 1. The van der Waals surface area contributed by atoms with Crippen molar-refractivity contribution in [3.05, 3.63) is 29.6 Å². The van der Waals surface area contributed by atoms with E-state index in [1.807, 2.05) is 0 Å². The zero-order valence-corrected chi connectivity index (χ0v) is 9.66. The van der Waals surface area contributed by atoms with E-state index in [-0.39, 0.29) is 12.2 Å². The number of hydrogen-bond donors (Lipinski definition) is 2. The molecule has 0 heterocycles. The van der Waals surface area contributed by atoms with Crippen LogP contribution in [0.5, 0.6) is 5.75 Å². The summed E-state index contributed by atoms with van der Waals surface area (Å²) in [7, 11) is 0. The number of para-hydroxylation sites is 1. The minimum absolute atomic E-state index is 0.200. The topological polar surface area (TPSA) is 57.5 Å². The SMILES string of the molecule is O=C(O)CCCCCCc1cccc(F)c1O. The second-order valence-electron chi connectivity index (χ2n) is 4.06. The molecule has 0 amide bonds. The Bertz CT molecular complexity index is 377. The molecule has 0 unspecified atom stereocenters. The number of unbranched alkanes of at least 4 members (excludes halogenated alkanes) is 3. The number of carboxylic acids is 1. The van der Waals surface area contributed by atoms with E-state index in [0.29, 0.717) is 18.4 Å². The van der Waals surface area contributed by atoms with Crippen molar-refractivity contribution >= 4 is 5.97 Å². The third-order valence-electron chi connectivity index (χ3n) is 2.66. The molecule has 3 nitrogen and oxygen atoms in total. The van der Waals surface area contributed by atoms with Crippen LogP contribution in [0.2, 0.25) is 0 Å². The normalized spacial score (nSPS) is 10.4. The van der Waals surface area contributed by atoms with E-state index < -0.39 is 11.8 Å². The zero-order valence-electron chi connectivity index (χ0n) is 9.66. The molecule has 17 heavy (non-hydrogen) atoms. The van der Waals surface area contributed by atoms with Gasteiger partial charge in [0.2, 0.25) is 0 Å². The highest BCUT2D eigenvalue weighted by atomic mass is 19.1. The molecule has 0 bridgehead atoms. The minimum atomic E-state index is -0.771. The van der Waals surface area contributed by atoms with Crippen molar-refractivity contribution in [2.24, 2.45) is 0 Å². The molecular formula is C13H17FO3. The summed E-state index contributed by atoms with van der Waals surface area (Å²) in [6.07, 6.45) is 4.06. The van der Waals surface area contributed by atoms with E-state index in [9.17, 15) is 14.3 Å². The van der Waals surface area contributed by atoms with Crippen LogP contribution >= 0.6 is 0 Å². The fraction of sp³-hybridized carbons (Fsp3) is 0.462. The molecule has 0 aliphatic heterocycles. The molecule has 2 N–H and O–H groups in total. The van der Waals surface area contributed by atoms with Gasteiger partial charge in [-0.15, -0.1) is 0 Å². The van der Waals surface area contributed by atoms with Crippen LogP contribution in [0.15, 0.2) is 18.2 Å². The first-order valence-electron chi connectivity index (χ1n) is 5.79. The Balaban J connectivity index is 2.22. The smallest absolute Gasteiger partial charge is 0.303 e. The van der Waals surface area contributed by atoms with Crippen molar-refractivity contribution in [3.63, 3.8) is 0 Å². The average molecular weight is 240 g/mol. The number of carbonyl (C=O) groups is 1. The Labute approximate surface area is 99.9 Å². The maximum absolute atomic E-state index is 13.0. The van der Waals surface area contributed by atoms with Crippen LogP contribution in [0.3, 0.4) is 0 Å². The summed E-state index contributed by atoms with van der Waals surface area (Å²) in [5.74, 6) is -1.63. The Morgan fingerprint density at radius 3 is 2.59 bits per heavy atom. The molecule has 0 atom stereocenters. The van der Waals surface area contributed by atoms with Gasteiger partial charge >= 0.3 is 5.97 Å². The van der Waals surface area contributed by atoms with E-state index in [1.165, 1.54) is 6.07 Å². The van der Waals surface area contributed by atoms with Crippen LogP contribution in [-0.2, 0) is 11.2 Å². The summed E-state index contributed by atoms with van der Waals surface area (Å²) in [6, 6.07) is 4.51. The van der Waals surface area contributed by atoms with Gasteiger partial charge in [-0.1, -0.05) is 25.0 Å². The highest BCUT2D eigenvalue weighted by molar-refractivity contribution is 5.66. The molecule has 0 saturated heterocycles. The van der Waals surface area contributed by atoms with Crippen molar-refractivity contribution in [1.29, 1.82) is 0 Å². The summed E-state index contributed by atoms with van der Waals surface area (Å²) >= 11 is 0. The lowest BCUT2D eigenvalue weighted by atomic mass is 10.0. The second-order valence-corrected chi connectivity index (χ2v) is 4.06. The first kappa shape index (κ1) is 13.5. The average Bonchev–Trinajstić information content (AvgIpc) is 2.28. The van der Waals surface area contributed by atoms with Gasteiger partial charge in [0.25, 0.3) is 0 Å². The van der Waals surface area contributed by atoms with Gasteiger partial charge in [-0.2, -0.15) is 0 Å². The van der Waals surface area contributed by atoms with Crippen LogP contribution < -0.4 is 0 Å². The maximum atomic E-state index is 13.0. The molecule has 0 saturated carbocycles. The van der Waals surface area contributed by atoms with E-state index >= 15 is 0 Å². The Morgan fingerprint density at radius 1 is 1.18 bits per heavy atom. The predicted molar refractivity (Wildman–Crippen MR) is 62.5 cm³/mol. The summed E-state index contributed by atoms with van der Waals surface area (Å²) in [5, 5.41) is 17.9. The van der Waals surface area contributed by atoms with Crippen molar-refractivity contribution in [3.8, 4) is 5.75 Å². The molecule has 0 aliphatic carbocycles. The fourth-order valence-electron chi connectivity index (χ4n) is 1.71. The number of halogens is 1. The molecule has 0 fully saturated rings. The third-order valence-corrected chi connectivity index (χ3v) is 2.66. The van der Waals surface area contributed by atoms with Gasteiger partial charge < -0.3 is 10.2 Å². The Morgan fingerprint density at radius 2 is 1.88 bits per heavy atom. The molecule has 4 heteroatoms. The second kappa shape index (κ2) is 6.89. The van der Waals surface area contributed by atoms with Crippen LogP contribution in [0.25, 0.3) is 0 Å². The number of rotatable bonds is 7. The number of hydrogen-bond acceptors (Lipinski definition) is 2. The van der Waals surface area contributed by atoms with Crippen molar-refractivity contribution in [2.75, 3.05) is 0 Å². The molecule has 1 aromatic rings. The molecule has 1 rings (SSSR count). The molecule has 0 radical (unpaired) electrons. The van der Waals surface area contributed by atoms with Crippen molar-refractivity contribution < 1.29 is 19.4 Å². The largest absolute Gasteiger partial charge is 0.505 e. The summed E-state index contributed by atoms with van der Waals surface area (Å²) < 4.78 is 13.0. The molecule has 1 aromatic carbocycles. The van der Waals surface area contributed by atoms with Crippen LogP contribution in [0.4, 0.5) is 4.39 Å². The van der Waals surface area contributed by atoms with Crippen LogP contribution in [0, 0.1) is 5.82 Å². The fourth-order valence-corrected chi connectivity index (χ4v) is 1.71. The number of carboxylic acid groups (broad SMARTS) is 1. The van der Waals surface area contributed by atoms with Crippen molar-refractivity contribution in [1.82, 2.24) is 0 Å². The highest BCUT2D eigenvalue weighted by Gasteiger charge is 2.05. The molecule has 0 spiro atoms. The van der Waals surface area contributed by atoms with Gasteiger partial charge in [-0.05, 0) is 30.9 Å². The predicted octanol–water partition coefficient (Wildman–Crippen LogP) is 3.11. The first-order chi connectivity index (χ1) is 8.11. The molecule has 0 aromatic heterocycles. The van der Waals surface area contributed by atoms with Crippen LogP contribution in [-0.4, -0.2) is 16.2 Å². The van der Waals surface area contributed by atoms with Gasteiger partial charge in [-0.25, -0.2) is 4.39 Å². The zero-order chi connectivity index (χ0) is 12.7. The number of aliphatic carboxylic acids is 1. The van der Waals surface area contributed by atoms with E-state index in [2.05, 4.69) is 0 Å². The number of phenols is 1. The van der Waals surface area contributed by atoms with E-state index in [4.69, 9.17) is 5.11 Å². The Hall–Kier alpha value is -1.58. The summed E-state index contributed by atoms with van der Waals surface area (Å²) in [6.45, 7) is 0. The van der Waals surface area contributed by atoms with Gasteiger partial charge in [0.05, 0.1) is 0 Å². The lowest BCUT2D eigenvalue weighted by molar-refractivity contribution is -0.137. The van der Waals surface area contributed by atoms with Crippen LogP contribution in [0.1, 0.15) is 37.7 Å². The monoisotopic (exact) mass is 240 g/mol. The van der Waals surface area contributed by atoms with E-state index in [0.717, 1.165) is 19.3 Å². The lowest BCUT2D eigenvalue weighted by Crippen LogP contribution is -1.94. The standard InChI is InChI=1S/C13H17FO3/c14-11-8-5-7-10(13(11)17)6-3-1-2-4-9-12(15)16/h5,7-8,17H,1-4,6,9H2,(H,15,16). The first-order valence-corrected chi connectivity index (χ1v) is 5.79. The van der Waals surface area contributed by atoms with Crippen molar-refractivity contribution in [2.45, 2.75) is 38.5 Å². The molecule has 94 valence electrons. The maximum Gasteiger partial charge on any atom is 0.303 e. The minimum Gasteiger partial charge on any atom is -0.505 e. The van der Waals surface area contributed by atoms with Gasteiger partial charge in [0, 0.05) is 6.42 Å². The summed E-state index contributed by atoms with van der Waals surface area (Å²) in [5.41, 5.74) is 0.614. The van der Waals surface area contributed by atoms with Gasteiger partial charge in [-0.3, -0.25) is 4.79 Å². The molecular weight excluding hydrogens is 223 g/mol.